The van der Waals surface area contributed by atoms with E-state index in [1.165, 1.54) is 0 Å². The third kappa shape index (κ3) is 5.44. The van der Waals surface area contributed by atoms with Gasteiger partial charge in [-0.1, -0.05) is 13.3 Å². The molecule has 0 bridgehead atoms. The molecule has 1 aliphatic rings. The van der Waals surface area contributed by atoms with Crippen LogP contribution in [0, 0.1) is 0 Å². The van der Waals surface area contributed by atoms with Gasteiger partial charge in [0.1, 0.15) is 6.61 Å². The van der Waals surface area contributed by atoms with Crippen LogP contribution in [-0.4, -0.2) is 51.6 Å². The van der Waals surface area contributed by atoms with Crippen LogP contribution in [0.5, 0.6) is 0 Å². The van der Waals surface area contributed by atoms with E-state index in [-0.39, 0.29) is 5.97 Å². The first-order chi connectivity index (χ1) is 7.84. The van der Waals surface area contributed by atoms with Gasteiger partial charge < -0.3 is 19.5 Å². The van der Waals surface area contributed by atoms with Crippen LogP contribution in [0.3, 0.4) is 0 Å². The maximum Gasteiger partial charge on any atom is 0.336 e. The summed E-state index contributed by atoms with van der Waals surface area (Å²) in [6.45, 7) is 5.51. The maximum atomic E-state index is 11.4. The Kier molecular flexibility index (Phi) is 7.12. The number of hydrogen-bond donors (Lipinski definition) is 1. The van der Waals surface area contributed by atoms with Gasteiger partial charge >= 0.3 is 5.97 Å². The fourth-order valence-corrected chi connectivity index (χ4v) is 1.36. The molecule has 94 valence electrons. The summed E-state index contributed by atoms with van der Waals surface area (Å²) < 4.78 is 15.6. The Balaban J connectivity index is 1.97. The normalized spacial score (nSPS) is 20.7. The highest BCUT2D eigenvalue weighted by Crippen LogP contribution is 1.98. The lowest BCUT2D eigenvalue weighted by Gasteiger charge is -2.21. The average Bonchev–Trinajstić information content (AvgIpc) is 2.34. The summed E-state index contributed by atoms with van der Waals surface area (Å²) in [7, 11) is 0. The van der Waals surface area contributed by atoms with Gasteiger partial charge in [-0.05, 0) is 6.42 Å². The number of carbonyl (C=O) groups is 1. The van der Waals surface area contributed by atoms with Crippen LogP contribution in [0.1, 0.15) is 19.8 Å². The van der Waals surface area contributed by atoms with Gasteiger partial charge in [-0.3, -0.25) is 0 Å². The first-order valence-corrected chi connectivity index (χ1v) is 5.91. The van der Waals surface area contributed by atoms with Crippen LogP contribution in [0.15, 0.2) is 0 Å². The highest BCUT2D eigenvalue weighted by molar-refractivity contribution is 5.75. The highest BCUT2D eigenvalue weighted by atomic mass is 16.6. The molecule has 0 spiro atoms. The number of rotatable bonds is 7. The van der Waals surface area contributed by atoms with Crippen molar-refractivity contribution in [2.75, 3.05) is 39.5 Å². The zero-order chi connectivity index (χ0) is 11.6. The van der Waals surface area contributed by atoms with E-state index in [1.807, 2.05) is 0 Å². The van der Waals surface area contributed by atoms with Gasteiger partial charge in [-0.25, -0.2) is 4.79 Å². The van der Waals surface area contributed by atoms with Gasteiger partial charge in [0.15, 0.2) is 6.10 Å². The lowest BCUT2D eigenvalue weighted by atomic mass is 10.3. The van der Waals surface area contributed by atoms with Crippen LogP contribution < -0.4 is 5.32 Å². The Hall–Kier alpha value is -0.650. The third-order valence-corrected chi connectivity index (χ3v) is 2.30. The smallest absolute Gasteiger partial charge is 0.336 e. The molecule has 1 fully saturated rings. The summed E-state index contributed by atoms with van der Waals surface area (Å²) >= 11 is 0. The van der Waals surface area contributed by atoms with E-state index in [9.17, 15) is 4.79 Å². The van der Waals surface area contributed by atoms with E-state index in [4.69, 9.17) is 14.2 Å². The zero-order valence-electron chi connectivity index (χ0n) is 9.87. The SMILES string of the molecule is CCCCOCCOC(=O)C1CNCCO1. The van der Waals surface area contributed by atoms with Crippen molar-refractivity contribution in [1.29, 1.82) is 0 Å². The second-order valence-corrected chi connectivity index (χ2v) is 3.70. The second kappa shape index (κ2) is 8.50. The second-order valence-electron chi connectivity index (χ2n) is 3.70. The highest BCUT2D eigenvalue weighted by Gasteiger charge is 2.22. The largest absolute Gasteiger partial charge is 0.461 e. The molecule has 5 heteroatoms. The quantitative estimate of drug-likeness (QED) is 0.505. The van der Waals surface area contributed by atoms with Crippen molar-refractivity contribution in [3.63, 3.8) is 0 Å². The van der Waals surface area contributed by atoms with Gasteiger partial charge in [0.25, 0.3) is 0 Å². The van der Waals surface area contributed by atoms with Gasteiger partial charge in [0, 0.05) is 19.7 Å². The Bertz CT molecular complexity index is 192. The van der Waals surface area contributed by atoms with Crippen molar-refractivity contribution in [3.05, 3.63) is 0 Å². The molecule has 0 aromatic carbocycles. The van der Waals surface area contributed by atoms with E-state index in [0.717, 1.165) is 26.0 Å². The minimum Gasteiger partial charge on any atom is -0.461 e. The van der Waals surface area contributed by atoms with Crippen molar-refractivity contribution in [2.45, 2.75) is 25.9 Å². The van der Waals surface area contributed by atoms with Crippen LogP contribution in [0.4, 0.5) is 0 Å². The monoisotopic (exact) mass is 231 g/mol. The van der Waals surface area contributed by atoms with Crippen LogP contribution >= 0.6 is 0 Å². The molecule has 0 aliphatic carbocycles. The third-order valence-electron chi connectivity index (χ3n) is 2.30. The van der Waals surface area contributed by atoms with Gasteiger partial charge in [0.2, 0.25) is 0 Å². The minimum absolute atomic E-state index is 0.300. The molecule has 5 nitrogen and oxygen atoms in total. The summed E-state index contributed by atoms with van der Waals surface area (Å²) in [6, 6.07) is 0. The van der Waals surface area contributed by atoms with Crippen molar-refractivity contribution in [2.24, 2.45) is 0 Å². The van der Waals surface area contributed by atoms with Crippen LogP contribution in [-0.2, 0) is 19.0 Å². The number of hydrogen-bond acceptors (Lipinski definition) is 5. The molecule has 0 aromatic heterocycles. The van der Waals surface area contributed by atoms with Crippen LogP contribution in [0.2, 0.25) is 0 Å². The van der Waals surface area contributed by atoms with Crippen molar-refractivity contribution < 1.29 is 19.0 Å². The number of nitrogens with one attached hydrogen (secondary N) is 1. The molecular formula is C11H21NO4. The van der Waals surface area contributed by atoms with E-state index in [1.54, 1.807) is 0 Å². The number of morpholine rings is 1. The molecule has 1 rings (SSSR count). The summed E-state index contributed by atoms with van der Waals surface area (Å²) in [5.41, 5.74) is 0. The first kappa shape index (κ1) is 13.4. The molecule has 0 aromatic rings. The van der Waals surface area contributed by atoms with E-state index >= 15 is 0 Å². The predicted octanol–water partition coefficient (Wildman–Crippen LogP) is 0.335. The van der Waals surface area contributed by atoms with Crippen molar-refractivity contribution in [3.8, 4) is 0 Å². The minimum atomic E-state index is -0.454. The Labute approximate surface area is 96.4 Å². The summed E-state index contributed by atoms with van der Waals surface area (Å²) in [5.74, 6) is -0.300. The molecule has 1 unspecified atom stereocenters. The molecule has 1 aliphatic heterocycles. The molecule has 0 amide bonds. The molecule has 1 saturated heterocycles. The van der Waals surface area contributed by atoms with Crippen molar-refractivity contribution in [1.82, 2.24) is 5.32 Å². The first-order valence-electron chi connectivity index (χ1n) is 5.91. The summed E-state index contributed by atoms with van der Waals surface area (Å²) in [4.78, 5) is 11.4. The zero-order valence-corrected chi connectivity index (χ0v) is 9.87. The Morgan fingerprint density at radius 2 is 2.31 bits per heavy atom. The molecule has 1 atom stereocenters. The van der Waals surface area contributed by atoms with Gasteiger partial charge in [-0.2, -0.15) is 0 Å². The van der Waals surface area contributed by atoms with E-state index in [2.05, 4.69) is 12.2 Å². The van der Waals surface area contributed by atoms with Crippen LogP contribution in [0.25, 0.3) is 0 Å². The molecule has 1 N–H and O–H groups in total. The molecule has 1 heterocycles. The topological polar surface area (TPSA) is 56.8 Å². The van der Waals surface area contributed by atoms with E-state index in [0.29, 0.717) is 26.4 Å². The lowest BCUT2D eigenvalue weighted by molar-refractivity contribution is -0.160. The molecule has 0 radical (unpaired) electrons. The summed E-state index contributed by atoms with van der Waals surface area (Å²) in [6.07, 6.45) is 1.70. The molecule has 0 saturated carbocycles. The van der Waals surface area contributed by atoms with Gasteiger partial charge in [-0.15, -0.1) is 0 Å². The maximum absolute atomic E-state index is 11.4. The Morgan fingerprint density at radius 1 is 1.44 bits per heavy atom. The standard InChI is InChI=1S/C11H21NO4/c1-2-3-5-14-7-8-16-11(13)10-9-12-4-6-15-10/h10,12H,2-9H2,1H3. The number of carbonyl (C=O) groups excluding carboxylic acids is 1. The van der Waals surface area contributed by atoms with Gasteiger partial charge in [0.05, 0.1) is 13.2 Å². The molecular weight excluding hydrogens is 210 g/mol. The molecule has 16 heavy (non-hydrogen) atoms. The number of ether oxygens (including phenoxy) is 3. The van der Waals surface area contributed by atoms with E-state index < -0.39 is 6.10 Å². The van der Waals surface area contributed by atoms with Crippen molar-refractivity contribution >= 4 is 5.97 Å². The average molecular weight is 231 g/mol. The number of esters is 1. The number of unbranched alkanes of at least 4 members (excludes halogenated alkanes) is 1. The fraction of sp³-hybridized carbons (Fsp3) is 0.909. The fourth-order valence-electron chi connectivity index (χ4n) is 1.36. The predicted molar refractivity (Wildman–Crippen MR) is 59.3 cm³/mol. The Morgan fingerprint density at radius 3 is 3.00 bits per heavy atom. The summed E-state index contributed by atoms with van der Waals surface area (Å²) in [5, 5.41) is 3.08. The lowest BCUT2D eigenvalue weighted by Crippen LogP contribution is -2.44.